The number of carbonyl (C=O) groups is 2. The van der Waals surface area contributed by atoms with Gasteiger partial charge in [-0.1, -0.05) is 0 Å². The quantitative estimate of drug-likeness (QED) is 0.688. The van der Waals surface area contributed by atoms with Gasteiger partial charge in [-0.15, -0.1) is 0 Å². The van der Waals surface area contributed by atoms with Crippen LogP contribution in [0.2, 0.25) is 0 Å². The maximum absolute atomic E-state index is 13.0. The zero-order valence-corrected chi connectivity index (χ0v) is 18.4. The number of hydrogen-bond donors (Lipinski definition) is 0. The topological polar surface area (TPSA) is 81.2 Å². The van der Waals surface area contributed by atoms with Gasteiger partial charge in [0, 0.05) is 64.3 Å². The first-order valence-electron chi connectivity index (χ1n) is 10.8. The number of amides is 2. The molecule has 9 heteroatoms. The third kappa shape index (κ3) is 4.24. The minimum atomic E-state index is -3.52. The Hall–Kier alpha value is -1.97. The Balaban J connectivity index is 1.41. The highest BCUT2D eigenvalue weighted by Crippen LogP contribution is 2.32. The predicted molar refractivity (Wildman–Crippen MR) is 114 cm³/mol. The molecule has 8 nitrogen and oxygen atoms in total. The summed E-state index contributed by atoms with van der Waals surface area (Å²) in [5.41, 5.74) is 1.65. The van der Waals surface area contributed by atoms with Gasteiger partial charge in [-0.05, 0) is 50.1 Å². The summed E-state index contributed by atoms with van der Waals surface area (Å²) in [6.45, 7) is 4.56. The van der Waals surface area contributed by atoms with Crippen molar-refractivity contribution < 1.29 is 18.0 Å². The molecular formula is C21H30N4O4S. The predicted octanol–water partition coefficient (Wildman–Crippen LogP) is 0.914. The monoisotopic (exact) mass is 434 g/mol. The SMILES string of the molecule is CN1CCN(S(=O)(=O)c2ccc3c(c2)CCN3C(=O)CCC(=O)N2CCCC2)CC1. The first kappa shape index (κ1) is 21.3. The number of sulfonamides is 1. The van der Waals surface area contributed by atoms with Gasteiger partial charge in [0.2, 0.25) is 21.8 Å². The molecule has 2 amide bonds. The van der Waals surface area contributed by atoms with Crippen LogP contribution in [0.5, 0.6) is 0 Å². The molecule has 0 aliphatic carbocycles. The number of piperazine rings is 1. The molecule has 0 atom stereocenters. The number of likely N-dealkylation sites (tertiary alicyclic amines) is 1. The first-order chi connectivity index (χ1) is 14.4. The van der Waals surface area contributed by atoms with Crippen LogP contribution in [0.1, 0.15) is 31.2 Å². The maximum atomic E-state index is 13.0. The molecule has 0 spiro atoms. The second-order valence-corrected chi connectivity index (χ2v) is 10.3. The molecule has 3 heterocycles. The Bertz CT molecular complexity index is 919. The van der Waals surface area contributed by atoms with Crippen molar-refractivity contribution in [2.45, 2.75) is 37.0 Å². The average molecular weight is 435 g/mol. The fourth-order valence-corrected chi connectivity index (χ4v) is 5.92. The van der Waals surface area contributed by atoms with Crippen molar-refractivity contribution in [2.75, 3.05) is 57.8 Å². The summed E-state index contributed by atoms with van der Waals surface area (Å²) in [6, 6.07) is 5.06. The van der Waals surface area contributed by atoms with Crippen LogP contribution in [0.25, 0.3) is 0 Å². The van der Waals surface area contributed by atoms with E-state index in [1.807, 2.05) is 11.9 Å². The summed E-state index contributed by atoms with van der Waals surface area (Å²) in [6.07, 6.45) is 3.14. The van der Waals surface area contributed by atoms with E-state index < -0.39 is 10.0 Å². The minimum absolute atomic E-state index is 0.0499. The Kier molecular flexibility index (Phi) is 6.13. The van der Waals surface area contributed by atoms with Gasteiger partial charge >= 0.3 is 0 Å². The first-order valence-corrected chi connectivity index (χ1v) is 12.2. The second-order valence-electron chi connectivity index (χ2n) is 8.38. The van der Waals surface area contributed by atoms with Crippen molar-refractivity contribution in [1.29, 1.82) is 0 Å². The zero-order valence-electron chi connectivity index (χ0n) is 17.5. The lowest BCUT2D eigenvalue weighted by Crippen LogP contribution is -2.47. The second kappa shape index (κ2) is 8.64. The standard InChI is InChI=1S/C21H30N4O4S/c1-22-12-14-24(15-13-22)30(28,29)18-4-5-19-17(16-18)8-11-25(19)21(27)7-6-20(26)23-9-2-3-10-23/h4-5,16H,2-3,6-15H2,1H3. The largest absolute Gasteiger partial charge is 0.343 e. The van der Waals surface area contributed by atoms with Crippen molar-refractivity contribution in [2.24, 2.45) is 0 Å². The van der Waals surface area contributed by atoms with Gasteiger partial charge in [0.25, 0.3) is 0 Å². The van der Waals surface area contributed by atoms with Gasteiger partial charge in [0.15, 0.2) is 0 Å². The number of hydrogen-bond acceptors (Lipinski definition) is 5. The molecule has 0 aromatic heterocycles. The fourth-order valence-electron chi connectivity index (χ4n) is 4.45. The molecule has 2 fully saturated rings. The molecule has 3 aliphatic heterocycles. The van der Waals surface area contributed by atoms with Crippen LogP contribution in [0.3, 0.4) is 0 Å². The Morgan fingerprint density at radius 3 is 2.27 bits per heavy atom. The van der Waals surface area contributed by atoms with Gasteiger partial charge < -0.3 is 14.7 Å². The Morgan fingerprint density at radius 1 is 0.900 bits per heavy atom. The van der Waals surface area contributed by atoms with Gasteiger partial charge in [0.1, 0.15) is 0 Å². The minimum Gasteiger partial charge on any atom is -0.343 e. The number of benzene rings is 1. The van der Waals surface area contributed by atoms with Crippen molar-refractivity contribution in [1.82, 2.24) is 14.1 Å². The normalized spacial score (nSPS) is 20.6. The maximum Gasteiger partial charge on any atom is 0.243 e. The third-order valence-electron chi connectivity index (χ3n) is 6.36. The molecule has 30 heavy (non-hydrogen) atoms. The lowest BCUT2D eigenvalue weighted by Gasteiger charge is -2.31. The smallest absolute Gasteiger partial charge is 0.243 e. The van der Waals surface area contributed by atoms with E-state index >= 15 is 0 Å². The van der Waals surface area contributed by atoms with Crippen molar-refractivity contribution >= 4 is 27.5 Å². The van der Waals surface area contributed by atoms with Crippen molar-refractivity contribution in [3.8, 4) is 0 Å². The fraction of sp³-hybridized carbons (Fsp3) is 0.619. The number of fused-ring (bicyclic) bond motifs is 1. The Labute approximate surface area is 178 Å². The lowest BCUT2D eigenvalue weighted by molar-refractivity contribution is -0.132. The van der Waals surface area contributed by atoms with E-state index in [2.05, 4.69) is 4.90 Å². The summed E-state index contributed by atoms with van der Waals surface area (Å²) < 4.78 is 27.5. The highest BCUT2D eigenvalue weighted by atomic mass is 32.2. The molecule has 3 aliphatic rings. The highest BCUT2D eigenvalue weighted by molar-refractivity contribution is 7.89. The molecule has 2 saturated heterocycles. The van der Waals surface area contributed by atoms with Crippen LogP contribution in [-0.2, 0) is 26.0 Å². The van der Waals surface area contributed by atoms with Crippen LogP contribution in [0.4, 0.5) is 5.69 Å². The molecule has 0 bridgehead atoms. The van der Waals surface area contributed by atoms with Gasteiger partial charge in [-0.3, -0.25) is 9.59 Å². The van der Waals surface area contributed by atoms with Gasteiger partial charge in [0.05, 0.1) is 4.90 Å². The molecule has 0 N–H and O–H groups in total. The molecular weight excluding hydrogens is 404 g/mol. The molecule has 0 saturated carbocycles. The van der Waals surface area contributed by atoms with E-state index in [0.29, 0.717) is 31.0 Å². The van der Waals surface area contributed by atoms with Gasteiger partial charge in [-0.25, -0.2) is 8.42 Å². The molecule has 4 rings (SSSR count). The summed E-state index contributed by atoms with van der Waals surface area (Å²) in [5, 5.41) is 0. The summed E-state index contributed by atoms with van der Waals surface area (Å²) in [5.74, 6) is -0.0233. The van der Waals surface area contributed by atoms with Crippen LogP contribution in [-0.4, -0.2) is 87.2 Å². The number of nitrogens with zero attached hydrogens (tertiary/aromatic N) is 4. The third-order valence-corrected chi connectivity index (χ3v) is 8.25. The molecule has 0 unspecified atom stereocenters. The van der Waals surface area contributed by atoms with E-state index in [-0.39, 0.29) is 24.7 Å². The van der Waals surface area contributed by atoms with E-state index in [1.165, 1.54) is 4.31 Å². The van der Waals surface area contributed by atoms with E-state index in [9.17, 15) is 18.0 Å². The number of anilines is 1. The Morgan fingerprint density at radius 2 is 1.57 bits per heavy atom. The van der Waals surface area contributed by atoms with E-state index in [4.69, 9.17) is 0 Å². The zero-order chi connectivity index (χ0) is 21.3. The van der Waals surface area contributed by atoms with Crippen molar-refractivity contribution in [3.05, 3.63) is 23.8 Å². The van der Waals surface area contributed by atoms with E-state index in [1.54, 1.807) is 23.1 Å². The molecule has 1 aromatic carbocycles. The van der Waals surface area contributed by atoms with Crippen LogP contribution >= 0.6 is 0 Å². The molecule has 164 valence electrons. The summed E-state index contributed by atoms with van der Waals surface area (Å²) in [7, 11) is -1.53. The number of carbonyl (C=O) groups excluding carboxylic acids is 2. The highest BCUT2D eigenvalue weighted by Gasteiger charge is 2.31. The molecule has 0 radical (unpaired) electrons. The van der Waals surface area contributed by atoms with Crippen LogP contribution in [0, 0.1) is 0 Å². The van der Waals surface area contributed by atoms with E-state index in [0.717, 1.165) is 50.3 Å². The summed E-state index contributed by atoms with van der Waals surface area (Å²) in [4.78, 5) is 30.9. The molecule has 1 aromatic rings. The lowest BCUT2D eigenvalue weighted by atomic mass is 10.2. The average Bonchev–Trinajstić information content (AvgIpc) is 3.41. The van der Waals surface area contributed by atoms with Crippen molar-refractivity contribution in [3.63, 3.8) is 0 Å². The van der Waals surface area contributed by atoms with Crippen LogP contribution in [0.15, 0.2) is 23.1 Å². The summed E-state index contributed by atoms with van der Waals surface area (Å²) >= 11 is 0. The number of likely N-dealkylation sites (N-methyl/N-ethyl adjacent to an activating group) is 1. The number of rotatable bonds is 5. The van der Waals surface area contributed by atoms with Gasteiger partial charge in [-0.2, -0.15) is 4.31 Å². The van der Waals surface area contributed by atoms with Crippen LogP contribution < -0.4 is 4.90 Å².